The summed E-state index contributed by atoms with van der Waals surface area (Å²) in [5.41, 5.74) is 0.408. The van der Waals surface area contributed by atoms with Crippen LogP contribution in [0.4, 0.5) is 13.2 Å². The third-order valence-corrected chi connectivity index (χ3v) is 3.24. The van der Waals surface area contributed by atoms with Crippen LogP contribution in [0.1, 0.15) is 12.0 Å². The van der Waals surface area contributed by atoms with Gasteiger partial charge in [-0.15, -0.1) is 0 Å². The topological polar surface area (TPSA) is 38.3 Å². The first-order chi connectivity index (χ1) is 8.88. The summed E-state index contributed by atoms with van der Waals surface area (Å²) in [4.78, 5) is 10.8. The van der Waals surface area contributed by atoms with Crippen molar-refractivity contribution in [3.63, 3.8) is 0 Å². The Morgan fingerprint density at radius 2 is 2.21 bits per heavy atom. The summed E-state index contributed by atoms with van der Waals surface area (Å²) < 4.78 is 44.4. The quantitative estimate of drug-likeness (QED) is 0.858. The van der Waals surface area contributed by atoms with Crippen molar-refractivity contribution in [2.45, 2.75) is 25.0 Å². The molecule has 1 saturated heterocycles. The number of carbonyl (C=O) groups is 1. The van der Waals surface area contributed by atoms with Crippen molar-refractivity contribution in [3.05, 3.63) is 34.1 Å². The van der Waals surface area contributed by atoms with E-state index in [1.54, 1.807) is 12.1 Å². The van der Waals surface area contributed by atoms with E-state index in [1.165, 1.54) is 6.07 Å². The molecule has 0 bridgehead atoms. The van der Waals surface area contributed by atoms with Crippen LogP contribution in [0.15, 0.2) is 22.7 Å². The summed E-state index contributed by atoms with van der Waals surface area (Å²) >= 11 is 3.21. The van der Waals surface area contributed by atoms with Crippen molar-refractivity contribution in [3.8, 4) is 0 Å². The summed E-state index contributed by atoms with van der Waals surface area (Å²) in [6.07, 6.45) is -1.52. The lowest BCUT2D eigenvalue weighted by Gasteiger charge is -2.10. The molecule has 1 atom stereocenters. The molecule has 104 valence electrons. The summed E-state index contributed by atoms with van der Waals surface area (Å²) in [7, 11) is 0. The van der Waals surface area contributed by atoms with E-state index in [9.17, 15) is 18.0 Å². The highest BCUT2D eigenvalue weighted by Crippen LogP contribution is 2.30. The van der Waals surface area contributed by atoms with E-state index in [2.05, 4.69) is 26.0 Å². The monoisotopic (exact) mass is 337 g/mol. The first kappa shape index (κ1) is 14.3. The van der Waals surface area contributed by atoms with E-state index < -0.39 is 24.4 Å². The molecular formula is C12H11BrF3NO2. The summed E-state index contributed by atoms with van der Waals surface area (Å²) in [5, 5.41) is 2.80. The molecular weight excluding hydrogens is 327 g/mol. The summed E-state index contributed by atoms with van der Waals surface area (Å²) in [5.74, 6) is -5.29. The highest BCUT2D eigenvalue weighted by molar-refractivity contribution is 9.10. The molecule has 1 aliphatic rings. The van der Waals surface area contributed by atoms with Gasteiger partial charge in [0, 0.05) is 23.1 Å². The Kier molecular flexibility index (Phi) is 4.15. The standard InChI is InChI=1S/C12H11BrF3NO2/c13-8-1-2-10(14)7(3-8)5-17-6-9-4-12(15,16)11(18)19-9/h1-3,9,17H,4-6H2. The average Bonchev–Trinajstić information content (AvgIpc) is 2.57. The molecule has 0 amide bonds. The van der Waals surface area contributed by atoms with Crippen molar-refractivity contribution >= 4 is 21.9 Å². The van der Waals surface area contributed by atoms with Gasteiger partial charge in [-0.25, -0.2) is 9.18 Å². The smallest absolute Gasteiger partial charge is 0.377 e. The number of halogens is 4. The number of cyclic esters (lactones) is 1. The second-order valence-corrected chi connectivity index (χ2v) is 5.22. The molecule has 0 saturated carbocycles. The molecule has 1 aliphatic heterocycles. The lowest BCUT2D eigenvalue weighted by molar-refractivity contribution is -0.159. The van der Waals surface area contributed by atoms with E-state index in [0.717, 1.165) is 4.47 Å². The largest absolute Gasteiger partial charge is 0.456 e. The average molecular weight is 338 g/mol. The number of carbonyl (C=O) groups excluding carboxylic acids is 1. The van der Waals surface area contributed by atoms with Gasteiger partial charge in [0.1, 0.15) is 11.9 Å². The normalized spacial score (nSPS) is 21.5. The zero-order valence-corrected chi connectivity index (χ0v) is 11.3. The number of rotatable bonds is 4. The van der Waals surface area contributed by atoms with Gasteiger partial charge in [0.05, 0.1) is 6.42 Å². The summed E-state index contributed by atoms with van der Waals surface area (Å²) in [6, 6.07) is 4.47. The first-order valence-corrected chi connectivity index (χ1v) is 6.41. The molecule has 2 rings (SSSR count). The minimum absolute atomic E-state index is 0.0628. The number of benzene rings is 1. The zero-order chi connectivity index (χ0) is 14.0. The molecule has 7 heteroatoms. The zero-order valence-electron chi connectivity index (χ0n) is 9.76. The predicted octanol–water partition coefficient (Wildman–Crippen LogP) is 2.63. The number of ether oxygens (including phenoxy) is 1. The van der Waals surface area contributed by atoms with Crippen LogP contribution in [-0.2, 0) is 16.1 Å². The second kappa shape index (κ2) is 5.50. The molecule has 1 heterocycles. The Morgan fingerprint density at radius 1 is 1.47 bits per heavy atom. The highest BCUT2D eigenvalue weighted by atomic mass is 79.9. The molecule has 0 aromatic heterocycles. The third-order valence-electron chi connectivity index (χ3n) is 2.75. The third kappa shape index (κ3) is 3.48. The van der Waals surface area contributed by atoms with Crippen LogP contribution in [0, 0.1) is 5.82 Å². The second-order valence-electron chi connectivity index (χ2n) is 4.30. The Labute approximate surface area is 116 Å². The fourth-order valence-corrected chi connectivity index (χ4v) is 2.22. The lowest BCUT2D eigenvalue weighted by atomic mass is 10.2. The minimum Gasteiger partial charge on any atom is -0.456 e. The van der Waals surface area contributed by atoms with Crippen LogP contribution < -0.4 is 5.32 Å². The first-order valence-electron chi connectivity index (χ1n) is 5.62. The van der Waals surface area contributed by atoms with E-state index in [1.807, 2.05) is 0 Å². The molecule has 0 aliphatic carbocycles. The molecule has 0 radical (unpaired) electrons. The van der Waals surface area contributed by atoms with Gasteiger partial charge in [-0.2, -0.15) is 8.78 Å². The minimum atomic E-state index is -3.41. The van der Waals surface area contributed by atoms with Gasteiger partial charge in [0.15, 0.2) is 0 Å². The molecule has 1 unspecified atom stereocenters. The number of alkyl halides is 2. The van der Waals surface area contributed by atoms with E-state index in [-0.39, 0.29) is 18.9 Å². The van der Waals surface area contributed by atoms with Gasteiger partial charge < -0.3 is 10.1 Å². The Bertz CT molecular complexity index is 496. The maximum absolute atomic E-state index is 13.4. The van der Waals surface area contributed by atoms with Crippen molar-refractivity contribution in [1.29, 1.82) is 0 Å². The van der Waals surface area contributed by atoms with Crippen LogP contribution in [-0.4, -0.2) is 24.5 Å². The number of nitrogens with one attached hydrogen (secondary N) is 1. The van der Waals surface area contributed by atoms with Crippen LogP contribution in [0.2, 0.25) is 0 Å². The predicted molar refractivity (Wildman–Crippen MR) is 65.3 cm³/mol. The van der Waals surface area contributed by atoms with Crippen molar-refractivity contribution in [1.82, 2.24) is 5.32 Å². The number of esters is 1. The van der Waals surface area contributed by atoms with Gasteiger partial charge in [-0.05, 0) is 18.2 Å². The van der Waals surface area contributed by atoms with Crippen LogP contribution in [0.5, 0.6) is 0 Å². The SMILES string of the molecule is O=C1OC(CNCc2cc(Br)ccc2F)CC1(F)F. The Balaban J connectivity index is 1.85. The molecule has 1 N–H and O–H groups in total. The molecule has 1 aromatic carbocycles. The maximum atomic E-state index is 13.4. The highest BCUT2D eigenvalue weighted by Gasteiger charge is 2.50. The van der Waals surface area contributed by atoms with Gasteiger partial charge in [0.2, 0.25) is 0 Å². The maximum Gasteiger partial charge on any atom is 0.377 e. The number of hydrogen-bond donors (Lipinski definition) is 1. The number of hydrogen-bond acceptors (Lipinski definition) is 3. The van der Waals surface area contributed by atoms with E-state index in [4.69, 9.17) is 0 Å². The van der Waals surface area contributed by atoms with Gasteiger partial charge in [0.25, 0.3) is 0 Å². The fourth-order valence-electron chi connectivity index (χ4n) is 1.81. The molecule has 1 fully saturated rings. The van der Waals surface area contributed by atoms with Gasteiger partial charge in [-0.3, -0.25) is 0 Å². The summed E-state index contributed by atoms with van der Waals surface area (Å²) in [6.45, 7) is 0.234. The van der Waals surface area contributed by atoms with Crippen molar-refractivity contribution in [2.24, 2.45) is 0 Å². The fraction of sp³-hybridized carbons (Fsp3) is 0.417. The Morgan fingerprint density at radius 3 is 2.84 bits per heavy atom. The van der Waals surface area contributed by atoms with Crippen LogP contribution in [0.25, 0.3) is 0 Å². The van der Waals surface area contributed by atoms with Crippen molar-refractivity contribution < 1.29 is 22.7 Å². The van der Waals surface area contributed by atoms with Crippen LogP contribution >= 0.6 is 15.9 Å². The molecule has 19 heavy (non-hydrogen) atoms. The van der Waals surface area contributed by atoms with Crippen molar-refractivity contribution in [2.75, 3.05) is 6.54 Å². The van der Waals surface area contributed by atoms with Gasteiger partial charge >= 0.3 is 11.9 Å². The molecule has 1 aromatic rings. The lowest BCUT2D eigenvalue weighted by Crippen LogP contribution is -2.27. The van der Waals surface area contributed by atoms with Crippen LogP contribution in [0.3, 0.4) is 0 Å². The molecule has 0 spiro atoms. The van der Waals surface area contributed by atoms with E-state index >= 15 is 0 Å². The molecule has 3 nitrogen and oxygen atoms in total. The Hall–Kier alpha value is -1.08. The van der Waals surface area contributed by atoms with Gasteiger partial charge in [-0.1, -0.05) is 15.9 Å². The van der Waals surface area contributed by atoms with E-state index in [0.29, 0.717) is 5.56 Å².